The third kappa shape index (κ3) is 2.33. The van der Waals surface area contributed by atoms with E-state index in [9.17, 15) is 4.79 Å². The molecule has 0 spiro atoms. The molecule has 0 radical (unpaired) electrons. The molecule has 0 saturated carbocycles. The van der Waals surface area contributed by atoms with Crippen LogP contribution in [0, 0.1) is 6.92 Å². The van der Waals surface area contributed by atoms with Crippen molar-refractivity contribution in [3.8, 4) is 0 Å². The molecule has 1 saturated heterocycles. The summed E-state index contributed by atoms with van der Waals surface area (Å²) >= 11 is 0. The molecule has 0 aliphatic carbocycles. The summed E-state index contributed by atoms with van der Waals surface area (Å²) in [5.41, 5.74) is 2.50. The topological polar surface area (TPSA) is 51.5 Å². The highest BCUT2D eigenvalue weighted by atomic mass is 35.5. The van der Waals surface area contributed by atoms with Crippen LogP contribution in [0.5, 0.6) is 0 Å². The number of aromatic nitrogens is 1. The number of carboxylic acid groups (broad SMARTS) is 1. The lowest BCUT2D eigenvalue weighted by Gasteiger charge is -2.12. The van der Waals surface area contributed by atoms with Crippen molar-refractivity contribution in [2.75, 3.05) is 13.2 Å². The van der Waals surface area contributed by atoms with Crippen LogP contribution in [0.25, 0.3) is 10.9 Å². The highest BCUT2D eigenvalue weighted by Crippen LogP contribution is 2.29. The Morgan fingerprint density at radius 2 is 2.26 bits per heavy atom. The Morgan fingerprint density at radius 3 is 2.89 bits per heavy atom. The second-order valence-corrected chi connectivity index (χ2v) is 4.77. The number of rotatable bonds is 2. The number of nitrogens with zero attached hydrogens (tertiary/aromatic N) is 1. The van der Waals surface area contributed by atoms with Crippen LogP contribution >= 0.6 is 12.4 Å². The lowest BCUT2D eigenvalue weighted by molar-refractivity contribution is 0.0697. The van der Waals surface area contributed by atoms with E-state index in [1.165, 1.54) is 5.56 Å². The summed E-state index contributed by atoms with van der Waals surface area (Å²) in [6.07, 6.45) is 3.08. The third-order valence-electron chi connectivity index (χ3n) is 3.58. The average Bonchev–Trinajstić information content (AvgIpc) is 2.97. The molecule has 0 bridgehead atoms. The normalized spacial score (nSPS) is 18.5. The van der Waals surface area contributed by atoms with Crippen LogP contribution in [0.15, 0.2) is 24.4 Å². The lowest BCUT2D eigenvalue weighted by atomic mass is 10.1. The van der Waals surface area contributed by atoms with E-state index in [0.717, 1.165) is 23.9 Å². The first-order valence-electron chi connectivity index (χ1n) is 6.09. The van der Waals surface area contributed by atoms with Gasteiger partial charge in [-0.2, -0.15) is 0 Å². The van der Waals surface area contributed by atoms with Gasteiger partial charge in [-0.25, -0.2) is 4.79 Å². The number of aryl methyl sites for hydroxylation is 1. The highest BCUT2D eigenvalue weighted by Gasteiger charge is 2.20. The van der Waals surface area contributed by atoms with Crippen LogP contribution in [0.4, 0.5) is 0 Å². The van der Waals surface area contributed by atoms with Gasteiger partial charge < -0.3 is 14.4 Å². The maximum Gasteiger partial charge on any atom is 0.335 e. The van der Waals surface area contributed by atoms with E-state index in [1.54, 1.807) is 12.1 Å². The zero-order valence-electron chi connectivity index (χ0n) is 10.6. The number of benzene rings is 1. The number of carboxylic acids is 1. The largest absolute Gasteiger partial charge is 0.478 e. The van der Waals surface area contributed by atoms with Crippen molar-refractivity contribution in [1.82, 2.24) is 4.57 Å². The third-order valence-corrected chi connectivity index (χ3v) is 3.58. The van der Waals surface area contributed by atoms with Gasteiger partial charge in [-0.1, -0.05) is 6.07 Å². The number of halogens is 1. The van der Waals surface area contributed by atoms with Crippen molar-refractivity contribution in [1.29, 1.82) is 0 Å². The Hall–Kier alpha value is -1.52. The quantitative estimate of drug-likeness (QED) is 0.920. The molecule has 5 heteroatoms. The molecule has 1 fully saturated rings. The van der Waals surface area contributed by atoms with Gasteiger partial charge in [0.2, 0.25) is 0 Å². The van der Waals surface area contributed by atoms with Gasteiger partial charge in [0.25, 0.3) is 0 Å². The van der Waals surface area contributed by atoms with Gasteiger partial charge in [-0.3, -0.25) is 0 Å². The molecule has 102 valence electrons. The lowest BCUT2D eigenvalue weighted by Crippen LogP contribution is -2.07. The molecule has 4 nitrogen and oxygen atoms in total. The second kappa shape index (κ2) is 5.23. The highest BCUT2D eigenvalue weighted by molar-refractivity contribution is 5.94. The predicted octanol–water partition coefficient (Wildman–Crippen LogP) is 3.03. The molecule has 1 atom stereocenters. The number of carbonyl (C=O) groups is 1. The minimum atomic E-state index is -0.884. The minimum Gasteiger partial charge on any atom is -0.478 e. The molecule has 2 aromatic rings. The zero-order chi connectivity index (χ0) is 12.7. The smallest absolute Gasteiger partial charge is 0.335 e. The zero-order valence-corrected chi connectivity index (χ0v) is 11.4. The van der Waals surface area contributed by atoms with Gasteiger partial charge in [0.05, 0.1) is 18.2 Å². The van der Waals surface area contributed by atoms with Crippen molar-refractivity contribution >= 4 is 29.3 Å². The molecule has 1 aromatic heterocycles. The molecule has 3 rings (SSSR count). The number of hydrogen-bond donors (Lipinski definition) is 1. The van der Waals surface area contributed by atoms with Crippen molar-refractivity contribution < 1.29 is 14.6 Å². The van der Waals surface area contributed by atoms with E-state index < -0.39 is 5.97 Å². The van der Waals surface area contributed by atoms with Crippen molar-refractivity contribution in [3.05, 3.63) is 35.5 Å². The predicted molar refractivity (Wildman–Crippen MR) is 75.4 cm³/mol. The fourth-order valence-corrected chi connectivity index (χ4v) is 2.60. The van der Waals surface area contributed by atoms with Crippen molar-refractivity contribution in [2.24, 2.45) is 0 Å². The maximum absolute atomic E-state index is 11.1. The van der Waals surface area contributed by atoms with Gasteiger partial charge in [-0.15, -0.1) is 12.4 Å². The molecule has 0 amide bonds. The fraction of sp³-hybridized carbons (Fsp3) is 0.357. The van der Waals surface area contributed by atoms with E-state index in [0.29, 0.717) is 18.2 Å². The fourth-order valence-electron chi connectivity index (χ4n) is 2.60. The van der Waals surface area contributed by atoms with Crippen LogP contribution < -0.4 is 0 Å². The monoisotopic (exact) mass is 281 g/mol. The van der Waals surface area contributed by atoms with Gasteiger partial charge >= 0.3 is 5.97 Å². The molecule has 2 heterocycles. The summed E-state index contributed by atoms with van der Waals surface area (Å²) in [5.74, 6) is -0.884. The van der Waals surface area contributed by atoms with Gasteiger partial charge in [-0.05, 0) is 31.0 Å². The first-order valence-corrected chi connectivity index (χ1v) is 6.09. The molecule has 1 aliphatic rings. The van der Waals surface area contributed by atoms with Crippen LogP contribution in [-0.2, 0) is 4.74 Å². The Bertz CT molecular complexity index is 614. The van der Waals surface area contributed by atoms with Crippen LogP contribution in [-0.4, -0.2) is 28.9 Å². The van der Waals surface area contributed by atoms with E-state index in [4.69, 9.17) is 9.84 Å². The molecule has 19 heavy (non-hydrogen) atoms. The molecular weight excluding hydrogens is 266 g/mol. The van der Waals surface area contributed by atoms with Crippen LogP contribution in [0.1, 0.15) is 28.4 Å². The molecule has 1 aliphatic heterocycles. The summed E-state index contributed by atoms with van der Waals surface area (Å²) in [5, 5.41) is 10.2. The number of ether oxygens (including phenoxy) is 1. The Morgan fingerprint density at radius 1 is 1.47 bits per heavy atom. The Balaban J connectivity index is 0.00000133. The van der Waals surface area contributed by atoms with Crippen molar-refractivity contribution in [2.45, 2.75) is 19.4 Å². The summed E-state index contributed by atoms with van der Waals surface area (Å²) in [7, 11) is 0. The first kappa shape index (κ1) is 13.9. The van der Waals surface area contributed by atoms with E-state index in [1.807, 2.05) is 6.07 Å². The summed E-state index contributed by atoms with van der Waals surface area (Å²) in [6, 6.07) is 5.63. The van der Waals surface area contributed by atoms with Crippen LogP contribution in [0.2, 0.25) is 0 Å². The van der Waals surface area contributed by atoms with Gasteiger partial charge in [0, 0.05) is 23.7 Å². The summed E-state index contributed by atoms with van der Waals surface area (Å²) in [4.78, 5) is 11.1. The average molecular weight is 282 g/mol. The number of hydrogen-bond acceptors (Lipinski definition) is 2. The molecular formula is C14H16ClNO3. The Kier molecular flexibility index (Phi) is 3.83. The maximum atomic E-state index is 11.1. The molecule has 1 aromatic carbocycles. The minimum absolute atomic E-state index is 0. The standard InChI is InChI=1S/C14H15NO3.ClH/c1-9-7-15(11-4-5-18-8-11)13-6-10(14(16)17)2-3-12(9)13;/h2-3,6-7,11H,4-5,8H2,1H3,(H,16,17);1H. The van der Waals surface area contributed by atoms with E-state index in [-0.39, 0.29) is 12.4 Å². The molecule has 1 unspecified atom stereocenters. The van der Waals surface area contributed by atoms with Crippen LogP contribution in [0.3, 0.4) is 0 Å². The number of aromatic carboxylic acids is 1. The van der Waals surface area contributed by atoms with E-state index in [2.05, 4.69) is 17.7 Å². The van der Waals surface area contributed by atoms with Gasteiger partial charge in [0.1, 0.15) is 0 Å². The molecule has 1 N–H and O–H groups in total. The summed E-state index contributed by atoms with van der Waals surface area (Å²) in [6.45, 7) is 3.54. The summed E-state index contributed by atoms with van der Waals surface area (Å²) < 4.78 is 7.57. The van der Waals surface area contributed by atoms with Crippen molar-refractivity contribution in [3.63, 3.8) is 0 Å². The van der Waals surface area contributed by atoms with E-state index >= 15 is 0 Å². The SMILES string of the molecule is Cc1cn(C2CCOC2)c2cc(C(=O)O)ccc12.Cl. The Labute approximate surface area is 117 Å². The first-order chi connectivity index (χ1) is 8.66. The van der Waals surface area contributed by atoms with Gasteiger partial charge in [0.15, 0.2) is 0 Å². The second-order valence-electron chi connectivity index (χ2n) is 4.77. The number of fused-ring (bicyclic) bond motifs is 1.